The van der Waals surface area contributed by atoms with Gasteiger partial charge in [-0.05, 0) is 70.8 Å². The molecule has 9 nitrogen and oxygen atoms in total. The van der Waals surface area contributed by atoms with Crippen LogP contribution in [0.2, 0.25) is 5.02 Å². The molecule has 2 atom stereocenters. The molecule has 1 aliphatic heterocycles. The van der Waals surface area contributed by atoms with Crippen LogP contribution < -0.4 is 5.32 Å². The quantitative estimate of drug-likeness (QED) is 0.365. The van der Waals surface area contributed by atoms with E-state index < -0.39 is 6.10 Å². The van der Waals surface area contributed by atoms with Gasteiger partial charge in [-0.2, -0.15) is 5.26 Å². The first kappa shape index (κ1) is 26.7. The van der Waals surface area contributed by atoms with Crippen molar-refractivity contribution in [3.8, 4) is 6.07 Å². The van der Waals surface area contributed by atoms with Crippen LogP contribution >= 0.6 is 11.6 Å². The highest BCUT2D eigenvalue weighted by Crippen LogP contribution is 2.44. The van der Waals surface area contributed by atoms with Gasteiger partial charge in [-0.3, -0.25) is 9.88 Å². The van der Waals surface area contributed by atoms with Gasteiger partial charge in [-0.1, -0.05) is 23.7 Å². The summed E-state index contributed by atoms with van der Waals surface area (Å²) in [5.41, 5.74) is 6.25. The number of carbonyl (C=O) groups excluding carboxylic acids is 1. The summed E-state index contributed by atoms with van der Waals surface area (Å²) in [6.07, 6.45) is 6.21. The summed E-state index contributed by atoms with van der Waals surface area (Å²) in [4.78, 5) is 26.2. The minimum Gasteiger partial charge on any atom is -0.382 e. The van der Waals surface area contributed by atoms with E-state index in [4.69, 9.17) is 21.8 Å². The van der Waals surface area contributed by atoms with Gasteiger partial charge in [0.05, 0.1) is 41.6 Å². The number of halogens is 1. The smallest absolute Gasteiger partial charge is 0.321 e. The molecule has 2 aromatic heterocycles. The molecule has 4 aromatic rings. The van der Waals surface area contributed by atoms with Gasteiger partial charge in [-0.15, -0.1) is 0 Å². The molecule has 0 radical (unpaired) electrons. The van der Waals surface area contributed by atoms with E-state index >= 15 is 0 Å². The zero-order valence-electron chi connectivity index (χ0n) is 22.4. The van der Waals surface area contributed by atoms with Crippen molar-refractivity contribution in [2.24, 2.45) is 7.05 Å². The number of hydrogen-bond donors (Lipinski definition) is 2. The molecule has 2 aromatic carbocycles. The fourth-order valence-corrected chi connectivity index (χ4v) is 5.76. The maximum atomic E-state index is 13.0. The number of imidazole rings is 1. The number of nitriles is 1. The topological polar surface area (TPSA) is 110 Å². The molecule has 6 rings (SSSR count). The van der Waals surface area contributed by atoms with Crippen LogP contribution in [0, 0.1) is 11.3 Å². The molecule has 2 amide bonds. The van der Waals surface area contributed by atoms with Crippen LogP contribution in [0.25, 0.3) is 11.6 Å². The number of hydrogen-bond acceptors (Lipinski definition) is 6. The summed E-state index contributed by atoms with van der Waals surface area (Å²) in [7, 11) is 1.86. The minimum absolute atomic E-state index is 0.177. The Labute approximate surface area is 242 Å². The fourth-order valence-electron chi connectivity index (χ4n) is 5.59. The van der Waals surface area contributed by atoms with Gasteiger partial charge in [0.15, 0.2) is 0 Å². The number of aromatic nitrogens is 3. The summed E-state index contributed by atoms with van der Waals surface area (Å²) in [5, 5.41) is 24.1. The van der Waals surface area contributed by atoms with Crippen molar-refractivity contribution in [3.05, 3.63) is 112 Å². The van der Waals surface area contributed by atoms with Crippen molar-refractivity contribution >= 4 is 35.0 Å². The monoisotopic (exact) mass is 565 g/mol. The van der Waals surface area contributed by atoms with Gasteiger partial charge in [0, 0.05) is 50.1 Å². The number of anilines is 1. The summed E-state index contributed by atoms with van der Waals surface area (Å²) >= 11 is 6.52. The third kappa shape index (κ3) is 5.21. The zero-order valence-corrected chi connectivity index (χ0v) is 23.2. The lowest BCUT2D eigenvalue weighted by Crippen LogP contribution is -2.51. The first-order valence-corrected chi connectivity index (χ1v) is 13.7. The zero-order chi connectivity index (χ0) is 28.5. The van der Waals surface area contributed by atoms with Crippen LogP contribution in [-0.2, 0) is 7.05 Å². The summed E-state index contributed by atoms with van der Waals surface area (Å²) < 4.78 is 1.81. The van der Waals surface area contributed by atoms with E-state index in [1.54, 1.807) is 47.9 Å². The second-order valence-corrected chi connectivity index (χ2v) is 10.6. The number of benzene rings is 2. The SMILES string of the molecule is Cn1cncc1[C@H](O)C1=Cc2cccnc2[C@@H](N2CCN(C(=O)Nc3ccc(C#N)cc3)CC2)c2ccc(Cl)cc21. The molecule has 0 saturated carbocycles. The van der Waals surface area contributed by atoms with Crippen LogP contribution in [-0.4, -0.2) is 61.7 Å². The van der Waals surface area contributed by atoms with E-state index in [1.807, 2.05) is 48.0 Å². The normalized spacial score (nSPS) is 17.5. The number of aryl methyl sites for hydroxylation is 1. The van der Waals surface area contributed by atoms with Gasteiger partial charge >= 0.3 is 6.03 Å². The number of piperazine rings is 1. The Hall–Kier alpha value is -4.49. The molecule has 1 fully saturated rings. The van der Waals surface area contributed by atoms with Crippen LogP contribution in [0.4, 0.5) is 10.5 Å². The molecule has 0 spiro atoms. The van der Waals surface area contributed by atoms with Gasteiger partial charge in [0.25, 0.3) is 0 Å². The fraction of sp³-hybridized carbons (Fsp3) is 0.226. The number of nitrogens with one attached hydrogen (secondary N) is 1. The lowest BCUT2D eigenvalue weighted by molar-refractivity contribution is 0.125. The minimum atomic E-state index is -0.922. The van der Waals surface area contributed by atoms with Gasteiger partial charge < -0.3 is 19.9 Å². The summed E-state index contributed by atoms with van der Waals surface area (Å²) in [6, 6.07) is 18.2. The van der Waals surface area contributed by atoms with Crippen LogP contribution in [0.15, 0.2) is 73.3 Å². The lowest BCUT2D eigenvalue weighted by Gasteiger charge is -2.39. The van der Waals surface area contributed by atoms with Crippen molar-refractivity contribution in [3.63, 3.8) is 0 Å². The van der Waals surface area contributed by atoms with Crippen LogP contribution in [0.1, 0.15) is 45.8 Å². The van der Waals surface area contributed by atoms with Crippen molar-refractivity contribution in [2.45, 2.75) is 12.1 Å². The number of urea groups is 1. The summed E-state index contributed by atoms with van der Waals surface area (Å²) in [6.45, 7) is 2.32. The van der Waals surface area contributed by atoms with Crippen molar-refractivity contribution in [1.29, 1.82) is 5.26 Å². The number of nitrogens with zero attached hydrogens (tertiary/aromatic N) is 6. The first-order chi connectivity index (χ1) is 19.9. The third-order valence-electron chi connectivity index (χ3n) is 7.72. The van der Waals surface area contributed by atoms with Crippen molar-refractivity contribution in [1.82, 2.24) is 24.3 Å². The van der Waals surface area contributed by atoms with E-state index in [9.17, 15) is 9.90 Å². The number of amides is 2. The Balaban J connectivity index is 1.30. The van der Waals surface area contributed by atoms with Crippen LogP contribution in [0.3, 0.4) is 0 Å². The molecular weight excluding hydrogens is 538 g/mol. The Morgan fingerprint density at radius 2 is 1.93 bits per heavy atom. The Kier molecular flexibility index (Phi) is 7.28. The Morgan fingerprint density at radius 3 is 2.63 bits per heavy atom. The highest BCUT2D eigenvalue weighted by Gasteiger charge is 2.35. The number of aliphatic hydroxyl groups excluding tert-OH is 1. The van der Waals surface area contributed by atoms with Crippen molar-refractivity contribution in [2.75, 3.05) is 31.5 Å². The molecule has 10 heteroatoms. The maximum Gasteiger partial charge on any atom is 0.321 e. The second kappa shape index (κ2) is 11.2. The lowest BCUT2D eigenvalue weighted by atomic mass is 9.91. The highest BCUT2D eigenvalue weighted by atomic mass is 35.5. The molecule has 0 bridgehead atoms. The molecule has 3 heterocycles. The number of carbonyl (C=O) groups is 1. The van der Waals surface area contributed by atoms with E-state index in [2.05, 4.69) is 21.3 Å². The van der Waals surface area contributed by atoms with E-state index in [-0.39, 0.29) is 12.1 Å². The number of rotatable bonds is 4. The predicted octanol–water partition coefficient (Wildman–Crippen LogP) is 4.87. The highest BCUT2D eigenvalue weighted by molar-refractivity contribution is 6.30. The predicted molar refractivity (Wildman–Crippen MR) is 157 cm³/mol. The molecular formula is C31H28ClN7O2. The molecule has 1 aliphatic carbocycles. The van der Waals surface area contributed by atoms with E-state index in [0.717, 1.165) is 28.0 Å². The third-order valence-corrected chi connectivity index (χ3v) is 7.96. The average Bonchev–Trinajstić information content (AvgIpc) is 3.37. The molecule has 0 unspecified atom stereocenters. The largest absolute Gasteiger partial charge is 0.382 e. The van der Waals surface area contributed by atoms with Gasteiger partial charge in [-0.25, -0.2) is 9.78 Å². The molecule has 2 N–H and O–H groups in total. The Morgan fingerprint density at radius 1 is 1.15 bits per heavy atom. The first-order valence-electron chi connectivity index (χ1n) is 13.3. The number of fused-ring (bicyclic) bond motifs is 2. The molecule has 2 aliphatic rings. The van der Waals surface area contributed by atoms with E-state index in [0.29, 0.717) is 48.1 Å². The van der Waals surface area contributed by atoms with E-state index in [1.165, 1.54) is 0 Å². The summed E-state index contributed by atoms with van der Waals surface area (Å²) in [5.74, 6) is 0. The van der Waals surface area contributed by atoms with Crippen LogP contribution in [0.5, 0.6) is 0 Å². The number of pyridine rings is 1. The van der Waals surface area contributed by atoms with Gasteiger partial charge in [0.1, 0.15) is 6.10 Å². The molecule has 41 heavy (non-hydrogen) atoms. The molecule has 1 saturated heterocycles. The van der Waals surface area contributed by atoms with Gasteiger partial charge in [0.2, 0.25) is 0 Å². The average molecular weight is 566 g/mol. The second-order valence-electron chi connectivity index (χ2n) is 10.2. The molecule has 206 valence electrons. The number of aliphatic hydroxyl groups is 1. The maximum absolute atomic E-state index is 13.0. The standard InChI is InChI=1S/C31H28ClN7O2/c1-37-19-34-18-27(37)30(40)26-15-21-3-2-10-35-28(21)29(24-9-6-22(32)16-25(24)26)38-11-13-39(14-12-38)31(41)36-23-7-4-20(17-33)5-8-23/h2-10,15-16,18-19,29-30,40H,11-14H2,1H3,(H,36,41)/t29-,30+/m0/s1. The Bertz CT molecular complexity index is 1670. The van der Waals surface area contributed by atoms with Crippen molar-refractivity contribution < 1.29 is 9.90 Å².